The van der Waals surface area contributed by atoms with Gasteiger partial charge >= 0.3 is 0 Å². The Hall–Kier alpha value is -2.70. The molecule has 130 valence electrons. The van der Waals surface area contributed by atoms with Crippen molar-refractivity contribution in [3.05, 3.63) is 59.2 Å². The summed E-state index contributed by atoms with van der Waals surface area (Å²) in [6, 6.07) is 10.8. The molecule has 0 aliphatic carbocycles. The Kier molecular flexibility index (Phi) is 4.97. The summed E-state index contributed by atoms with van der Waals surface area (Å²) in [6.45, 7) is 1.56. The number of hydrogen-bond acceptors (Lipinski definition) is 6. The Morgan fingerprint density at radius 2 is 1.56 bits per heavy atom. The van der Waals surface area contributed by atoms with Gasteiger partial charge in [-0.25, -0.2) is 21.6 Å². The van der Waals surface area contributed by atoms with E-state index in [4.69, 9.17) is 5.26 Å². The second-order valence-electron chi connectivity index (χ2n) is 5.32. The van der Waals surface area contributed by atoms with Crippen LogP contribution in [0.4, 0.5) is 0 Å². The standard InChI is InChI=1S/C16H14N2O5S2/c1-11-3-6-14(24(2,20)21)9-15(11)16(19)18-25(22,23)13-7-4-12(10-17)5-8-13/h3-9H,1-2H3,(H,18,19). The smallest absolute Gasteiger partial charge is 0.265 e. The molecule has 0 fully saturated rings. The van der Waals surface area contributed by atoms with Crippen molar-refractivity contribution in [3.8, 4) is 6.07 Å². The van der Waals surface area contributed by atoms with E-state index in [2.05, 4.69) is 0 Å². The average molecular weight is 378 g/mol. The van der Waals surface area contributed by atoms with Crippen LogP contribution in [0.5, 0.6) is 0 Å². The molecule has 2 rings (SSSR count). The maximum atomic E-state index is 12.3. The molecule has 0 aliphatic rings. The SMILES string of the molecule is Cc1ccc(S(C)(=O)=O)cc1C(=O)NS(=O)(=O)c1ccc(C#N)cc1. The minimum atomic E-state index is -4.16. The number of benzene rings is 2. The highest BCUT2D eigenvalue weighted by molar-refractivity contribution is 7.90. The summed E-state index contributed by atoms with van der Waals surface area (Å²) in [5.74, 6) is -0.938. The number of sulfonamides is 1. The van der Waals surface area contributed by atoms with Crippen LogP contribution >= 0.6 is 0 Å². The van der Waals surface area contributed by atoms with E-state index < -0.39 is 25.8 Å². The molecule has 0 spiro atoms. The minimum absolute atomic E-state index is 0.0554. The molecule has 0 saturated heterocycles. The van der Waals surface area contributed by atoms with Crippen LogP contribution in [0, 0.1) is 18.3 Å². The highest BCUT2D eigenvalue weighted by Crippen LogP contribution is 2.17. The van der Waals surface area contributed by atoms with Crippen molar-refractivity contribution in [1.82, 2.24) is 4.72 Å². The van der Waals surface area contributed by atoms with E-state index in [9.17, 15) is 21.6 Å². The molecule has 0 bridgehead atoms. The summed E-state index contributed by atoms with van der Waals surface area (Å²) in [6.07, 6.45) is 0.993. The van der Waals surface area contributed by atoms with Gasteiger partial charge in [-0.05, 0) is 48.9 Å². The van der Waals surface area contributed by atoms with Gasteiger partial charge in [0.25, 0.3) is 15.9 Å². The van der Waals surface area contributed by atoms with Gasteiger partial charge in [0, 0.05) is 11.8 Å². The lowest BCUT2D eigenvalue weighted by molar-refractivity contribution is 0.0980. The molecule has 7 nitrogen and oxygen atoms in total. The summed E-state index contributed by atoms with van der Waals surface area (Å²) in [5, 5.41) is 8.73. The predicted molar refractivity (Wildman–Crippen MR) is 90.1 cm³/mol. The van der Waals surface area contributed by atoms with E-state index in [0.29, 0.717) is 5.56 Å². The molecule has 0 atom stereocenters. The molecule has 0 aromatic heterocycles. The lowest BCUT2D eigenvalue weighted by Gasteiger charge is -2.10. The highest BCUT2D eigenvalue weighted by Gasteiger charge is 2.21. The summed E-state index contributed by atoms with van der Waals surface area (Å²) in [5.41, 5.74) is 0.655. The van der Waals surface area contributed by atoms with Crippen molar-refractivity contribution < 1.29 is 21.6 Å². The van der Waals surface area contributed by atoms with Crippen LogP contribution in [-0.2, 0) is 19.9 Å². The number of nitrogens with zero attached hydrogens (tertiary/aromatic N) is 1. The van der Waals surface area contributed by atoms with Crippen LogP contribution in [0.2, 0.25) is 0 Å². The number of nitriles is 1. The zero-order valence-corrected chi connectivity index (χ0v) is 15.0. The van der Waals surface area contributed by atoms with Crippen molar-refractivity contribution in [1.29, 1.82) is 5.26 Å². The van der Waals surface area contributed by atoms with Crippen molar-refractivity contribution >= 4 is 25.8 Å². The molecule has 1 amide bonds. The molecule has 0 aliphatic heterocycles. The minimum Gasteiger partial charge on any atom is -0.268 e. The molecule has 1 N–H and O–H groups in total. The number of carbonyl (C=O) groups excluding carboxylic acids is 1. The van der Waals surface area contributed by atoms with Gasteiger partial charge in [-0.15, -0.1) is 0 Å². The first-order chi connectivity index (χ1) is 11.5. The van der Waals surface area contributed by atoms with Crippen LogP contribution in [0.25, 0.3) is 0 Å². The van der Waals surface area contributed by atoms with Gasteiger partial charge in [-0.1, -0.05) is 6.07 Å². The maximum absolute atomic E-state index is 12.3. The lowest BCUT2D eigenvalue weighted by Crippen LogP contribution is -2.31. The number of sulfone groups is 1. The Morgan fingerprint density at radius 1 is 1.00 bits per heavy atom. The van der Waals surface area contributed by atoms with Gasteiger partial charge in [0.2, 0.25) is 0 Å². The Balaban J connectivity index is 2.37. The fraction of sp³-hybridized carbons (Fsp3) is 0.125. The largest absolute Gasteiger partial charge is 0.268 e. The van der Waals surface area contributed by atoms with Gasteiger partial charge in [0.15, 0.2) is 9.84 Å². The third-order valence-corrected chi connectivity index (χ3v) is 5.86. The molecular weight excluding hydrogens is 364 g/mol. The first-order valence-electron chi connectivity index (χ1n) is 6.92. The molecule has 2 aromatic carbocycles. The van der Waals surface area contributed by atoms with Gasteiger partial charge in [-0.3, -0.25) is 4.79 Å². The molecule has 0 radical (unpaired) electrons. The van der Waals surface area contributed by atoms with Crippen LogP contribution in [0.3, 0.4) is 0 Å². The first-order valence-corrected chi connectivity index (χ1v) is 10.3. The van der Waals surface area contributed by atoms with E-state index in [1.807, 2.05) is 10.8 Å². The zero-order chi connectivity index (χ0) is 18.8. The maximum Gasteiger partial charge on any atom is 0.265 e. The lowest BCUT2D eigenvalue weighted by atomic mass is 10.1. The van der Waals surface area contributed by atoms with E-state index in [1.54, 1.807) is 6.92 Å². The molecule has 2 aromatic rings. The average Bonchev–Trinajstić information content (AvgIpc) is 2.53. The van der Waals surface area contributed by atoms with Crippen LogP contribution < -0.4 is 4.72 Å². The Morgan fingerprint density at radius 3 is 2.08 bits per heavy atom. The number of rotatable bonds is 4. The fourth-order valence-electron chi connectivity index (χ4n) is 2.02. The number of hydrogen-bond donors (Lipinski definition) is 1. The van der Waals surface area contributed by atoms with Crippen molar-refractivity contribution in [2.45, 2.75) is 16.7 Å². The van der Waals surface area contributed by atoms with Gasteiger partial charge in [0.05, 0.1) is 21.4 Å². The normalized spacial score (nSPS) is 11.6. The van der Waals surface area contributed by atoms with Crippen molar-refractivity contribution in [2.75, 3.05) is 6.26 Å². The van der Waals surface area contributed by atoms with E-state index in [1.165, 1.54) is 36.4 Å². The van der Waals surface area contributed by atoms with Crippen molar-refractivity contribution in [2.24, 2.45) is 0 Å². The van der Waals surface area contributed by atoms with E-state index >= 15 is 0 Å². The molecule has 9 heteroatoms. The summed E-state index contributed by atoms with van der Waals surface area (Å²) in [4.78, 5) is 12.1. The Labute approximate surface area is 145 Å². The van der Waals surface area contributed by atoms with E-state index in [-0.39, 0.29) is 20.9 Å². The Bertz CT molecular complexity index is 1080. The third-order valence-electron chi connectivity index (χ3n) is 3.40. The van der Waals surface area contributed by atoms with E-state index in [0.717, 1.165) is 12.3 Å². The summed E-state index contributed by atoms with van der Waals surface area (Å²) in [7, 11) is -7.70. The van der Waals surface area contributed by atoms with Crippen LogP contribution in [0.15, 0.2) is 52.3 Å². The van der Waals surface area contributed by atoms with Crippen LogP contribution in [-0.4, -0.2) is 29.0 Å². The number of amides is 1. The fourth-order valence-corrected chi connectivity index (χ4v) is 3.63. The first kappa shape index (κ1) is 18.6. The van der Waals surface area contributed by atoms with Gasteiger partial charge < -0.3 is 0 Å². The second-order valence-corrected chi connectivity index (χ2v) is 9.02. The number of nitrogens with one attached hydrogen (secondary N) is 1. The number of carbonyl (C=O) groups is 1. The van der Waals surface area contributed by atoms with Crippen LogP contribution in [0.1, 0.15) is 21.5 Å². The quantitative estimate of drug-likeness (QED) is 0.858. The zero-order valence-electron chi connectivity index (χ0n) is 13.3. The summed E-state index contributed by atoms with van der Waals surface area (Å²) >= 11 is 0. The number of aryl methyl sites for hydroxylation is 1. The molecule has 25 heavy (non-hydrogen) atoms. The predicted octanol–water partition coefficient (Wildman–Crippen LogP) is 1.39. The highest BCUT2D eigenvalue weighted by atomic mass is 32.2. The molecular formula is C16H14N2O5S2. The van der Waals surface area contributed by atoms with Gasteiger partial charge in [-0.2, -0.15) is 5.26 Å². The molecule has 0 heterocycles. The molecule has 0 saturated carbocycles. The van der Waals surface area contributed by atoms with Crippen molar-refractivity contribution in [3.63, 3.8) is 0 Å². The third kappa shape index (κ3) is 4.23. The van der Waals surface area contributed by atoms with Gasteiger partial charge in [0.1, 0.15) is 0 Å². The monoisotopic (exact) mass is 378 g/mol. The second kappa shape index (κ2) is 6.66. The molecule has 0 unspecified atom stereocenters. The summed E-state index contributed by atoms with van der Waals surface area (Å²) < 4.78 is 49.7. The topological polar surface area (TPSA) is 121 Å².